The molecular weight excluding hydrogens is 272 g/mol. The molecule has 0 spiro atoms. The molecule has 2 rings (SSSR count). The summed E-state index contributed by atoms with van der Waals surface area (Å²) in [5, 5.41) is 3.15. The minimum atomic E-state index is -0.468. The van der Waals surface area contributed by atoms with E-state index in [1.807, 2.05) is 0 Å². The Labute approximate surface area is 124 Å². The molecular formula is C14H22N4O3. The van der Waals surface area contributed by atoms with Gasteiger partial charge < -0.3 is 20.5 Å². The molecule has 7 heteroatoms. The van der Waals surface area contributed by atoms with Gasteiger partial charge in [-0.05, 0) is 12.6 Å². The Hall–Kier alpha value is -1.86. The summed E-state index contributed by atoms with van der Waals surface area (Å²) in [7, 11) is 1.32. The zero-order chi connectivity index (χ0) is 15.2. The normalized spacial score (nSPS) is 19.2. The highest BCUT2D eigenvalue weighted by Gasteiger charge is 2.20. The number of nitrogens with zero attached hydrogens (tertiary/aromatic N) is 2. The highest BCUT2D eigenvalue weighted by Crippen LogP contribution is 2.21. The van der Waals surface area contributed by atoms with Crippen molar-refractivity contribution in [2.24, 2.45) is 0 Å². The van der Waals surface area contributed by atoms with Crippen LogP contribution in [0.3, 0.4) is 0 Å². The molecule has 21 heavy (non-hydrogen) atoms. The van der Waals surface area contributed by atoms with E-state index in [-0.39, 0.29) is 6.10 Å². The fourth-order valence-corrected chi connectivity index (χ4v) is 2.30. The first-order valence-electron chi connectivity index (χ1n) is 7.06. The highest BCUT2D eigenvalue weighted by atomic mass is 16.5. The van der Waals surface area contributed by atoms with Crippen LogP contribution in [0.1, 0.15) is 17.3 Å². The van der Waals surface area contributed by atoms with Gasteiger partial charge in [0.2, 0.25) is 0 Å². The van der Waals surface area contributed by atoms with E-state index in [0.717, 1.165) is 26.2 Å². The Morgan fingerprint density at radius 3 is 3.19 bits per heavy atom. The number of nitrogens with one attached hydrogen (secondary N) is 1. The monoisotopic (exact) mass is 294 g/mol. The molecule has 0 bridgehead atoms. The molecule has 1 atom stereocenters. The van der Waals surface area contributed by atoms with Crippen molar-refractivity contribution in [1.82, 2.24) is 9.88 Å². The average molecular weight is 294 g/mol. The van der Waals surface area contributed by atoms with Crippen molar-refractivity contribution in [3.05, 3.63) is 17.8 Å². The number of carbonyl (C=O) groups excluding carboxylic acids is 1. The number of carbonyl (C=O) groups is 1. The standard InChI is InChI=1S/C14H22N4O3/c1-3-18-6-7-21-10(9-18)8-17-13-12(15)11(4-5-16-13)14(19)20-2/h4-5,10H,3,6-9,15H2,1-2H3,(H,16,17). The number of pyridine rings is 1. The summed E-state index contributed by atoms with van der Waals surface area (Å²) in [5.41, 5.74) is 6.57. The van der Waals surface area contributed by atoms with Gasteiger partial charge in [-0.3, -0.25) is 4.90 Å². The van der Waals surface area contributed by atoms with Gasteiger partial charge >= 0.3 is 5.97 Å². The Balaban J connectivity index is 1.98. The molecule has 0 amide bonds. The summed E-state index contributed by atoms with van der Waals surface area (Å²) in [5.74, 6) is 0.0131. The Kier molecular flexibility index (Phi) is 5.35. The van der Waals surface area contributed by atoms with E-state index in [2.05, 4.69) is 26.9 Å². The number of morpholine rings is 1. The van der Waals surface area contributed by atoms with Crippen LogP contribution in [0.2, 0.25) is 0 Å². The van der Waals surface area contributed by atoms with Crippen LogP contribution < -0.4 is 11.1 Å². The number of esters is 1. The maximum Gasteiger partial charge on any atom is 0.340 e. The fourth-order valence-electron chi connectivity index (χ4n) is 2.30. The molecule has 0 saturated carbocycles. The molecule has 116 valence electrons. The van der Waals surface area contributed by atoms with Crippen molar-refractivity contribution in [3.63, 3.8) is 0 Å². The van der Waals surface area contributed by atoms with Crippen LogP contribution in [0.15, 0.2) is 12.3 Å². The van der Waals surface area contributed by atoms with Crippen LogP contribution >= 0.6 is 0 Å². The van der Waals surface area contributed by atoms with Crippen molar-refractivity contribution in [1.29, 1.82) is 0 Å². The topological polar surface area (TPSA) is 89.7 Å². The maximum atomic E-state index is 11.6. The molecule has 3 N–H and O–H groups in total. The van der Waals surface area contributed by atoms with E-state index in [4.69, 9.17) is 10.5 Å². The molecule has 0 aromatic carbocycles. The molecule has 1 fully saturated rings. The lowest BCUT2D eigenvalue weighted by atomic mass is 10.2. The van der Waals surface area contributed by atoms with Crippen LogP contribution in [-0.4, -0.2) is 61.9 Å². The first-order chi connectivity index (χ1) is 10.2. The van der Waals surface area contributed by atoms with Gasteiger partial charge in [-0.25, -0.2) is 9.78 Å². The number of methoxy groups -OCH3 is 1. The smallest absolute Gasteiger partial charge is 0.340 e. The lowest BCUT2D eigenvalue weighted by molar-refractivity contribution is -0.0192. The summed E-state index contributed by atoms with van der Waals surface area (Å²) < 4.78 is 10.4. The second-order valence-electron chi connectivity index (χ2n) is 4.88. The molecule has 1 aromatic heterocycles. The van der Waals surface area contributed by atoms with Gasteiger partial charge in [0.05, 0.1) is 31.1 Å². The third kappa shape index (κ3) is 3.83. The highest BCUT2D eigenvalue weighted by molar-refractivity contribution is 5.97. The van der Waals surface area contributed by atoms with Crippen LogP contribution in [0, 0.1) is 0 Å². The van der Waals surface area contributed by atoms with Crippen molar-refractivity contribution in [3.8, 4) is 0 Å². The third-order valence-electron chi connectivity index (χ3n) is 3.56. The van der Waals surface area contributed by atoms with E-state index in [1.165, 1.54) is 13.3 Å². The Bertz CT molecular complexity index is 495. The summed E-state index contributed by atoms with van der Waals surface area (Å²) in [6.45, 7) is 6.31. The van der Waals surface area contributed by atoms with Crippen LogP contribution in [0.25, 0.3) is 0 Å². The summed E-state index contributed by atoms with van der Waals surface area (Å²) in [4.78, 5) is 18.1. The van der Waals surface area contributed by atoms with Gasteiger partial charge in [-0.1, -0.05) is 6.92 Å². The van der Waals surface area contributed by atoms with E-state index in [0.29, 0.717) is 23.6 Å². The minimum Gasteiger partial charge on any atom is -0.465 e. The number of nitrogen functional groups attached to an aromatic ring is 1. The number of rotatable bonds is 5. The zero-order valence-corrected chi connectivity index (χ0v) is 12.5. The second-order valence-corrected chi connectivity index (χ2v) is 4.88. The summed E-state index contributed by atoms with van der Waals surface area (Å²) in [6, 6.07) is 1.54. The SMILES string of the molecule is CCN1CCOC(CNc2nccc(C(=O)OC)c2N)C1. The van der Waals surface area contributed by atoms with Crippen LogP contribution in [0.5, 0.6) is 0 Å². The molecule has 1 aliphatic heterocycles. The number of ether oxygens (including phenoxy) is 2. The minimum absolute atomic E-state index is 0.0849. The molecule has 1 unspecified atom stereocenters. The number of hydrogen-bond acceptors (Lipinski definition) is 7. The molecule has 0 radical (unpaired) electrons. The number of nitrogens with two attached hydrogens (primary N) is 1. The summed E-state index contributed by atoms with van der Waals surface area (Å²) in [6.07, 6.45) is 1.62. The number of aromatic nitrogens is 1. The third-order valence-corrected chi connectivity index (χ3v) is 3.56. The Morgan fingerprint density at radius 2 is 2.48 bits per heavy atom. The van der Waals surface area contributed by atoms with Gasteiger partial charge in [0.25, 0.3) is 0 Å². The van der Waals surface area contributed by atoms with E-state index < -0.39 is 5.97 Å². The molecule has 7 nitrogen and oxygen atoms in total. The lowest BCUT2D eigenvalue weighted by Gasteiger charge is -2.32. The van der Waals surface area contributed by atoms with Crippen molar-refractivity contribution in [2.45, 2.75) is 13.0 Å². The van der Waals surface area contributed by atoms with Gasteiger partial charge in [0.1, 0.15) is 5.82 Å². The Morgan fingerprint density at radius 1 is 1.67 bits per heavy atom. The molecule has 1 aliphatic rings. The van der Waals surface area contributed by atoms with E-state index in [1.54, 1.807) is 6.07 Å². The number of likely N-dealkylation sites (N-methyl/N-ethyl adjacent to an activating group) is 1. The number of anilines is 2. The van der Waals surface area contributed by atoms with E-state index >= 15 is 0 Å². The predicted octanol–water partition coefficient (Wildman–Crippen LogP) is 0.583. The van der Waals surface area contributed by atoms with Gasteiger partial charge in [0, 0.05) is 25.8 Å². The van der Waals surface area contributed by atoms with Gasteiger partial charge in [0.15, 0.2) is 0 Å². The first-order valence-corrected chi connectivity index (χ1v) is 7.06. The van der Waals surface area contributed by atoms with Crippen LogP contribution in [0.4, 0.5) is 11.5 Å². The largest absolute Gasteiger partial charge is 0.465 e. The van der Waals surface area contributed by atoms with E-state index in [9.17, 15) is 4.79 Å². The van der Waals surface area contributed by atoms with Gasteiger partial charge in [-0.15, -0.1) is 0 Å². The van der Waals surface area contributed by atoms with Crippen molar-refractivity contribution >= 4 is 17.5 Å². The number of hydrogen-bond donors (Lipinski definition) is 2. The second kappa shape index (κ2) is 7.24. The van der Waals surface area contributed by atoms with Crippen LogP contribution in [-0.2, 0) is 9.47 Å². The predicted molar refractivity (Wildman–Crippen MR) is 80.3 cm³/mol. The maximum absolute atomic E-state index is 11.6. The van der Waals surface area contributed by atoms with Gasteiger partial charge in [-0.2, -0.15) is 0 Å². The molecule has 1 aromatic rings. The molecule has 1 saturated heterocycles. The quantitative estimate of drug-likeness (QED) is 0.768. The molecule has 2 heterocycles. The lowest BCUT2D eigenvalue weighted by Crippen LogP contribution is -2.45. The zero-order valence-electron chi connectivity index (χ0n) is 12.5. The average Bonchev–Trinajstić information content (AvgIpc) is 2.53. The summed E-state index contributed by atoms with van der Waals surface area (Å²) >= 11 is 0. The van der Waals surface area contributed by atoms with Crippen molar-refractivity contribution in [2.75, 3.05) is 50.9 Å². The molecule has 0 aliphatic carbocycles. The first kappa shape index (κ1) is 15.5. The van der Waals surface area contributed by atoms with Crippen molar-refractivity contribution < 1.29 is 14.3 Å². The fraction of sp³-hybridized carbons (Fsp3) is 0.571.